The fraction of sp³-hybridized carbons (Fsp3) is 0.211. The van der Waals surface area contributed by atoms with E-state index in [2.05, 4.69) is 0 Å². The van der Waals surface area contributed by atoms with Gasteiger partial charge in [0.05, 0.1) is 11.8 Å². The number of carbonyl (C=O) groups is 1. The molecule has 0 bridgehead atoms. The van der Waals surface area contributed by atoms with Crippen LogP contribution in [0.25, 0.3) is 0 Å². The summed E-state index contributed by atoms with van der Waals surface area (Å²) in [6, 6.07) is 14.4. The zero-order valence-corrected chi connectivity index (χ0v) is 14.5. The van der Waals surface area contributed by atoms with Crippen molar-refractivity contribution in [3.63, 3.8) is 0 Å². The minimum Gasteiger partial charge on any atom is -0.300 e. The lowest BCUT2D eigenvalue weighted by Gasteiger charge is -2.28. The van der Waals surface area contributed by atoms with Gasteiger partial charge < -0.3 is 4.90 Å². The summed E-state index contributed by atoms with van der Waals surface area (Å²) in [5, 5.41) is 1.20. The summed E-state index contributed by atoms with van der Waals surface area (Å²) in [4.78, 5) is 14.7. The highest BCUT2D eigenvalue weighted by Gasteiger charge is 2.32. The Bertz CT molecular complexity index is 898. The van der Waals surface area contributed by atoms with E-state index >= 15 is 0 Å². The molecule has 3 rings (SSSR count). The van der Waals surface area contributed by atoms with Gasteiger partial charge in [-0.05, 0) is 43.7 Å². The lowest BCUT2D eigenvalue weighted by Crippen LogP contribution is -2.41. The molecule has 4 nitrogen and oxygen atoms in total. The van der Waals surface area contributed by atoms with Crippen LogP contribution < -0.4 is 4.90 Å². The smallest absolute Gasteiger partial charge is 0.259 e. The molecule has 0 aromatic heterocycles. The summed E-state index contributed by atoms with van der Waals surface area (Å²) in [6.45, 7) is 3.85. The molecule has 5 heteroatoms. The number of rotatable bonds is 3. The van der Waals surface area contributed by atoms with Gasteiger partial charge in [-0.1, -0.05) is 35.9 Å². The average molecular weight is 341 g/mol. The van der Waals surface area contributed by atoms with Crippen LogP contribution in [0.4, 0.5) is 5.69 Å². The first-order chi connectivity index (χ1) is 11.4. The minimum atomic E-state index is -3.26. The molecule has 2 aromatic carbocycles. The zero-order valence-electron chi connectivity index (χ0n) is 13.6. The van der Waals surface area contributed by atoms with Crippen molar-refractivity contribution in [2.75, 3.05) is 10.7 Å². The number of hydrogen-bond acceptors (Lipinski definition) is 3. The summed E-state index contributed by atoms with van der Waals surface area (Å²) in [5.74, 6) is -0.276. The van der Waals surface area contributed by atoms with Crippen LogP contribution >= 0.6 is 0 Å². The molecule has 1 aliphatic heterocycles. The van der Waals surface area contributed by atoms with Gasteiger partial charge in [0.25, 0.3) is 5.91 Å². The van der Waals surface area contributed by atoms with Gasteiger partial charge in [-0.2, -0.15) is 0 Å². The van der Waals surface area contributed by atoms with Crippen molar-refractivity contribution in [1.82, 2.24) is 0 Å². The van der Waals surface area contributed by atoms with E-state index < -0.39 is 15.9 Å². The molecule has 0 aliphatic carbocycles. The molecule has 1 atom stereocenters. The van der Waals surface area contributed by atoms with Crippen molar-refractivity contribution in [3.8, 4) is 0 Å². The van der Waals surface area contributed by atoms with E-state index in [1.54, 1.807) is 17.0 Å². The Kier molecular flexibility index (Phi) is 4.28. The fourth-order valence-electron chi connectivity index (χ4n) is 2.83. The highest BCUT2D eigenvalue weighted by molar-refractivity contribution is 7.94. The van der Waals surface area contributed by atoms with Crippen LogP contribution in [0.1, 0.15) is 21.5 Å². The van der Waals surface area contributed by atoms with Gasteiger partial charge in [0, 0.05) is 16.7 Å². The molecule has 0 saturated carbocycles. The summed E-state index contributed by atoms with van der Waals surface area (Å²) in [5.41, 5.74) is 3.22. The Morgan fingerprint density at radius 3 is 2.29 bits per heavy atom. The highest BCUT2D eigenvalue weighted by Crippen LogP contribution is 2.26. The van der Waals surface area contributed by atoms with Crippen molar-refractivity contribution in [3.05, 3.63) is 76.7 Å². The second kappa shape index (κ2) is 6.24. The Morgan fingerprint density at radius 1 is 1.04 bits per heavy atom. The van der Waals surface area contributed by atoms with E-state index in [1.165, 1.54) is 5.41 Å². The SMILES string of the molecule is Cc1ccc(N(C(=O)c2ccccc2C)C2C=CS(=O)(=O)C2)cc1. The number of hydrogen-bond donors (Lipinski definition) is 0. The van der Waals surface area contributed by atoms with E-state index in [0.717, 1.165) is 11.1 Å². The first kappa shape index (κ1) is 16.5. The van der Waals surface area contributed by atoms with E-state index in [4.69, 9.17) is 0 Å². The van der Waals surface area contributed by atoms with Gasteiger partial charge in [-0.3, -0.25) is 4.79 Å². The van der Waals surface area contributed by atoms with E-state index in [9.17, 15) is 13.2 Å². The van der Waals surface area contributed by atoms with Gasteiger partial charge in [-0.25, -0.2) is 8.42 Å². The largest absolute Gasteiger partial charge is 0.300 e. The van der Waals surface area contributed by atoms with Crippen molar-refractivity contribution in [1.29, 1.82) is 0 Å². The van der Waals surface area contributed by atoms with Crippen LogP contribution in [0, 0.1) is 13.8 Å². The molecule has 1 amide bonds. The summed E-state index contributed by atoms with van der Waals surface area (Å²) >= 11 is 0. The highest BCUT2D eigenvalue weighted by atomic mass is 32.2. The van der Waals surface area contributed by atoms with Crippen LogP contribution in [0.5, 0.6) is 0 Å². The van der Waals surface area contributed by atoms with Crippen LogP contribution in [-0.4, -0.2) is 26.1 Å². The topological polar surface area (TPSA) is 54.5 Å². The van der Waals surface area contributed by atoms with Gasteiger partial charge >= 0.3 is 0 Å². The normalized spacial score (nSPS) is 18.5. The molecule has 1 aliphatic rings. The number of sulfone groups is 1. The lowest BCUT2D eigenvalue weighted by molar-refractivity contribution is 0.0982. The van der Waals surface area contributed by atoms with Gasteiger partial charge in [-0.15, -0.1) is 0 Å². The Hall–Kier alpha value is -2.40. The van der Waals surface area contributed by atoms with Gasteiger partial charge in [0.1, 0.15) is 0 Å². The minimum absolute atomic E-state index is 0.0848. The monoisotopic (exact) mass is 341 g/mol. The third kappa shape index (κ3) is 3.26. The predicted octanol–water partition coefficient (Wildman–Crippen LogP) is 3.26. The first-order valence-corrected chi connectivity index (χ1v) is 9.46. The third-order valence-electron chi connectivity index (χ3n) is 4.15. The van der Waals surface area contributed by atoms with Crippen LogP contribution in [0.3, 0.4) is 0 Å². The lowest BCUT2D eigenvalue weighted by atomic mass is 10.1. The third-order valence-corrected chi connectivity index (χ3v) is 5.53. The molecule has 2 aromatic rings. The molecule has 1 unspecified atom stereocenters. The Morgan fingerprint density at radius 2 is 1.71 bits per heavy atom. The number of benzene rings is 2. The Labute approximate surface area is 142 Å². The van der Waals surface area contributed by atoms with Crippen LogP contribution in [0.2, 0.25) is 0 Å². The fourth-order valence-corrected chi connectivity index (χ4v) is 4.10. The number of carbonyl (C=O) groups excluding carboxylic acids is 1. The number of anilines is 1. The second-order valence-corrected chi connectivity index (χ2v) is 7.98. The molecule has 0 spiro atoms. The number of amides is 1. The second-order valence-electron chi connectivity index (χ2n) is 6.05. The molecule has 0 fully saturated rings. The quantitative estimate of drug-likeness (QED) is 0.861. The predicted molar refractivity (Wildman–Crippen MR) is 95.9 cm³/mol. The molecule has 124 valence electrons. The zero-order chi connectivity index (χ0) is 17.3. The number of nitrogens with zero attached hydrogens (tertiary/aromatic N) is 1. The van der Waals surface area contributed by atoms with Crippen LogP contribution in [-0.2, 0) is 9.84 Å². The molecule has 24 heavy (non-hydrogen) atoms. The van der Waals surface area contributed by atoms with Gasteiger partial charge in [0.2, 0.25) is 0 Å². The number of aryl methyl sites for hydroxylation is 2. The molecule has 0 saturated heterocycles. The van der Waals surface area contributed by atoms with Crippen molar-refractivity contribution in [2.45, 2.75) is 19.9 Å². The molecule has 0 radical (unpaired) electrons. The summed E-state index contributed by atoms with van der Waals surface area (Å²) in [7, 11) is -3.26. The molecular weight excluding hydrogens is 322 g/mol. The first-order valence-electron chi connectivity index (χ1n) is 7.74. The molecule has 0 N–H and O–H groups in total. The summed E-state index contributed by atoms with van der Waals surface area (Å²) < 4.78 is 23.7. The van der Waals surface area contributed by atoms with E-state index in [0.29, 0.717) is 11.3 Å². The van der Waals surface area contributed by atoms with Crippen molar-refractivity contribution >= 4 is 21.4 Å². The average Bonchev–Trinajstić information content (AvgIpc) is 2.89. The van der Waals surface area contributed by atoms with E-state index in [1.807, 2.05) is 56.3 Å². The van der Waals surface area contributed by atoms with Crippen molar-refractivity contribution < 1.29 is 13.2 Å². The standard InChI is InChI=1S/C19H19NO3S/c1-14-7-9-16(10-8-14)20(17-11-12-24(22,23)13-17)19(21)18-6-4-3-5-15(18)2/h3-12,17H,13H2,1-2H3. The van der Waals surface area contributed by atoms with Crippen LogP contribution in [0.15, 0.2) is 60.0 Å². The van der Waals surface area contributed by atoms with E-state index in [-0.39, 0.29) is 11.7 Å². The Balaban J connectivity index is 2.05. The summed E-state index contributed by atoms with van der Waals surface area (Å²) in [6.07, 6.45) is 1.59. The molecule has 1 heterocycles. The maximum Gasteiger partial charge on any atom is 0.259 e. The van der Waals surface area contributed by atoms with Crippen molar-refractivity contribution in [2.24, 2.45) is 0 Å². The van der Waals surface area contributed by atoms with Gasteiger partial charge in [0.15, 0.2) is 9.84 Å². The maximum absolute atomic E-state index is 13.1. The maximum atomic E-state index is 13.1. The molecular formula is C19H19NO3S.